The number of carbonyl (C=O) groups excluding carboxylic acids is 2. The van der Waals surface area contributed by atoms with E-state index < -0.39 is 11.5 Å². The van der Waals surface area contributed by atoms with E-state index in [0.717, 1.165) is 0 Å². The highest BCUT2D eigenvalue weighted by molar-refractivity contribution is 6.30. The minimum atomic E-state index is -0.980. The van der Waals surface area contributed by atoms with Crippen molar-refractivity contribution in [3.05, 3.63) is 23.7 Å². The number of rotatable bonds is 5. The maximum absolute atomic E-state index is 11.7. The normalized spacial score (nSPS) is 11.4. The van der Waals surface area contributed by atoms with E-state index in [0.29, 0.717) is 0 Å². The van der Waals surface area contributed by atoms with Crippen LogP contribution in [0.15, 0.2) is 16.5 Å². The van der Waals surface area contributed by atoms with E-state index in [4.69, 9.17) is 14.2 Å². The third-order valence-corrected chi connectivity index (χ3v) is 2.32. The fourth-order valence-electron chi connectivity index (χ4n) is 1.20. The largest absolute Gasteiger partial charge is 0.460 e. The molecule has 1 heterocycles. The first-order valence-corrected chi connectivity index (χ1v) is 5.75. The van der Waals surface area contributed by atoms with Gasteiger partial charge >= 0.3 is 13.5 Å². The van der Waals surface area contributed by atoms with Gasteiger partial charge in [0.05, 0.1) is 0 Å². The molecule has 0 bridgehead atoms. The Hall–Kier alpha value is -1.56. The average molecular weight is 252 g/mol. The molecule has 0 aliphatic heterocycles. The average Bonchev–Trinajstić information content (AvgIpc) is 2.76. The van der Waals surface area contributed by atoms with E-state index in [1.165, 1.54) is 12.1 Å². The number of Topliss-reactive ketones (excluding diaryl/α,β-unsaturated/α-hetero) is 1. The topological polar surface area (TPSA) is 76.7 Å². The van der Waals surface area contributed by atoms with Crippen molar-refractivity contribution in [2.75, 3.05) is 0 Å². The van der Waals surface area contributed by atoms with Crippen molar-refractivity contribution in [1.29, 1.82) is 0 Å². The van der Waals surface area contributed by atoms with Crippen LogP contribution >= 0.6 is 0 Å². The molecule has 0 radical (unpaired) electrons. The van der Waals surface area contributed by atoms with Gasteiger partial charge in [0, 0.05) is 5.92 Å². The summed E-state index contributed by atoms with van der Waals surface area (Å²) < 4.78 is 10.2. The van der Waals surface area contributed by atoms with Gasteiger partial charge in [0.25, 0.3) is 0 Å². The zero-order valence-electron chi connectivity index (χ0n) is 11.0. The Balaban J connectivity index is 2.80. The smallest absolute Gasteiger partial charge is 0.374 e. The standard InChI is InChI=1S/C12H17BO5/c1-7(2)10(14)8-5-6-9(17-8)11(15)18-12(3,4)13-16/h5-7,13,16H,1-4H3. The highest BCUT2D eigenvalue weighted by Gasteiger charge is 2.27. The lowest BCUT2D eigenvalue weighted by molar-refractivity contribution is 0.0200. The van der Waals surface area contributed by atoms with Gasteiger partial charge in [-0.25, -0.2) is 4.79 Å². The van der Waals surface area contributed by atoms with Gasteiger partial charge in [-0.2, -0.15) is 0 Å². The zero-order valence-corrected chi connectivity index (χ0v) is 11.0. The van der Waals surface area contributed by atoms with Crippen molar-refractivity contribution in [2.24, 2.45) is 5.92 Å². The summed E-state index contributed by atoms with van der Waals surface area (Å²) in [5, 5.41) is 8.99. The minimum absolute atomic E-state index is 0.0412. The van der Waals surface area contributed by atoms with Gasteiger partial charge in [0.2, 0.25) is 11.5 Å². The predicted molar refractivity (Wildman–Crippen MR) is 66.7 cm³/mol. The first-order chi connectivity index (χ1) is 8.26. The second-order valence-electron chi connectivity index (χ2n) is 4.99. The van der Waals surface area contributed by atoms with Gasteiger partial charge < -0.3 is 14.2 Å². The van der Waals surface area contributed by atoms with Crippen molar-refractivity contribution >= 4 is 19.2 Å². The summed E-state index contributed by atoms with van der Waals surface area (Å²) in [4.78, 5) is 23.3. The summed E-state index contributed by atoms with van der Waals surface area (Å²) in [7, 11) is -0.294. The molecule has 1 N–H and O–H groups in total. The Kier molecular flexibility index (Phi) is 4.35. The van der Waals surface area contributed by atoms with E-state index in [2.05, 4.69) is 0 Å². The molecule has 0 atom stereocenters. The molecule has 0 amide bonds. The van der Waals surface area contributed by atoms with Crippen LogP contribution in [0, 0.1) is 5.92 Å². The monoisotopic (exact) mass is 252 g/mol. The lowest BCUT2D eigenvalue weighted by Gasteiger charge is -2.20. The lowest BCUT2D eigenvalue weighted by Crippen LogP contribution is -2.34. The fourth-order valence-corrected chi connectivity index (χ4v) is 1.20. The van der Waals surface area contributed by atoms with Crippen LogP contribution in [0.5, 0.6) is 0 Å². The Labute approximate surface area is 106 Å². The lowest BCUT2D eigenvalue weighted by atomic mass is 9.78. The van der Waals surface area contributed by atoms with E-state index in [1.807, 2.05) is 0 Å². The number of hydrogen-bond acceptors (Lipinski definition) is 5. The molecule has 1 aromatic rings. The molecule has 1 aromatic heterocycles. The first kappa shape index (κ1) is 14.5. The summed E-state index contributed by atoms with van der Waals surface area (Å²) in [6.07, 6.45) is 0. The van der Waals surface area contributed by atoms with Crippen LogP contribution in [0.3, 0.4) is 0 Å². The summed E-state index contributed by atoms with van der Waals surface area (Å²) in [5.41, 5.74) is -0.980. The van der Waals surface area contributed by atoms with Gasteiger partial charge in [0.15, 0.2) is 5.76 Å². The number of hydrogen-bond donors (Lipinski definition) is 1. The van der Waals surface area contributed by atoms with Crippen LogP contribution in [0.4, 0.5) is 0 Å². The van der Waals surface area contributed by atoms with E-state index >= 15 is 0 Å². The van der Waals surface area contributed by atoms with Gasteiger partial charge in [-0.15, -0.1) is 0 Å². The summed E-state index contributed by atoms with van der Waals surface area (Å²) in [5.74, 6) is -0.972. The molecular weight excluding hydrogens is 235 g/mol. The molecule has 0 aliphatic rings. The first-order valence-electron chi connectivity index (χ1n) is 5.75. The van der Waals surface area contributed by atoms with Crippen LogP contribution in [0.2, 0.25) is 0 Å². The molecule has 0 aromatic carbocycles. The molecule has 0 saturated heterocycles. The highest BCUT2D eigenvalue weighted by atomic mass is 16.6. The van der Waals surface area contributed by atoms with Crippen molar-refractivity contribution < 1.29 is 23.8 Å². The second-order valence-corrected chi connectivity index (χ2v) is 4.99. The van der Waals surface area contributed by atoms with Crippen LogP contribution < -0.4 is 0 Å². The number of furan rings is 1. The van der Waals surface area contributed by atoms with Crippen molar-refractivity contribution in [2.45, 2.75) is 33.2 Å². The van der Waals surface area contributed by atoms with Gasteiger partial charge in [-0.1, -0.05) is 13.8 Å². The molecule has 0 aliphatic carbocycles. The third kappa shape index (κ3) is 3.47. The second kappa shape index (κ2) is 5.39. The van der Waals surface area contributed by atoms with E-state index in [9.17, 15) is 9.59 Å². The summed E-state index contributed by atoms with van der Waals surface area (Å²) >= 11 is 0. The highest BCUT2D eigenvalue weighted by Crippen LogP contribution is 2.16. The Morgan fingerprint density at radius 1 is 1.33 bits per heavy atom. The molecule has 0 spiro atoms. The molecular formula is C12H17BO5. The summed E-state index contributed by atoms with van der Waals surface area (Å²) in [6.45, 7) is 6.65. The number of esters is 1. The number of ketones is 1. The molecule has 18 heavy (non-hydrogen) atoms. The quantitative estimate of drug-likeness (QED) is 0.486. The van der Waals surface area contributed by atoms with Crippen LogP contribution in [-0.2, 0) is 4.74 Å². The van der Waals surface area contributed by atoms with Crippen LogP contribution in [0.1, 0.15) is 48.8 Å². The van der Waals surface area contributed by atoms with Gasteiger partial charge in [-0.05, 0) is 26.0 Å². The van der Waals surface area contributed by atoms with E-state index in [1.54, 1.807) is 27.7 Å². The van der Waals surface area contributed by atoms with Crippen molar-refractivity contribution in [3.63, 3.8) is 0 Å². The molecule has 98 valence electrons. The Morgan fingerprint density at radius 2 is 1.89 bits per heavy atom. The van der Waals surface area contributed by atoms with E-state index in [-0.39, 0.29) is 30.7 Å². The molecule has 1 rings (SSSR count). The molecule has 0 fully saturated rings. The Morgan fingerprint density at radius 3 is 2.39 bits per heavy atom. The molecule has 5 nitrogen and oxygen atoms in total. The molecule has 0 unspecified atom stereocenters. The van der Waals surface area contributed by atoms with Gasteiger partial charge in [-0.3, -0.25) is 4.79 Å². The number of carbonyl (C=O) groups is 2. The number of ether oxygens (including phenoxy) is 1. The Bertz CT molecular complexity index is 447. The third-order valence-electron chi connectivity index (χ3n) is 2.32. The maximum atomic E-state index is 11.7. The predicted octanol–water partition coefficient (Wildman–Crippen LogP) is 1.35. The zero-order chi connectivity index (χ0) is 13.9. The SMILES string of the molecule is CC(C)C(=O)c1ccc(C(=O)OC(C)(C)BO)o1. The minimum Gasteiger partial charge on any atom is -0.460 e. The fraction of sp³-hybridized carbons (Fsp3) is 0.500. The van der Waals surface area contributed by atoms with Crippen molar-refractivity contribution in [3.8, 4) is 0 Å². The summed E-state index contributed by atoms with van der Waals surface area (Å²) in [6, 6.07) is 2.84. The maximum Gasteiger partial charge on any atom is 0.374 e. The molecule has 6 heteroatoms. The van der Waals surface area contributed by atoms with Crippen LogP contribution in [0.25, 0.3) is 0 Å². The van der Waals surface area contributed by atoms with Crippen molar-refractivity contribution in [1.82, 2.24) is 0 Å². The molecule has 0 saturated carbocycles. The van der Waals surface area contributed by atoms with Gasteiger partial charge in [0.1, 0.15) is 5.50 Å². The van der Waals surface area contributed by atoms with Crippen LogP contribution in [-0.4, -0.2) is 29.8 Å².